The minimum Gasteiger partial charge on any atom is -0.481 e. The molecule has 1 aromatic carbocycles. The summed E-state index contributed by atoms with van der Waals surface area (Å²) in [6.07, 6.45) is 6.35. The number of nitrogens with one attached hydrogen (secondary N) is 1. The molecule has 4 heteroatoms. The Kier molecular flexibility index (Phi) is 6.93. The Morgan fingerprint density at radius 2 is 2.00 bits per heavy atom. The van der Waals surface area contributed by atoms with Crippen molar-refractivity contribution in [1.82, 2.24) is 5.32 Å². The Bertz CT molecular complexity index is 418. The molecule has 116 valence electrons. The van der Waals surface area contributed by atoms with Gasteiger partial charge in [0.25, 0.3) is 5.91 Å². The van der Waals surface area contributed by atoms with Gasteiger partial charge in [0, 0.05) is 17.5 Å². The average Bonchev–Trinajstić information content (AvgIpc) is 2.53. The predicted molar refractivity (Wildman–Crippen MR) is 88.9 cm³/mol. The fraction of sp³-hybridized carbons (Fsp3) is 0.588. The summed E-state index contributed by atoms with van der Waals surface area (Å²) in [6.45, 7) is 2.51. The van der Waals surface area contributed by atoms with Gasteiger partial charge in [0.2, 0.25) is 0 Å². The molecule has 0 heterocycles. The minimum atomic E-state index is -0.452. The van der Waals surface area contributed by atoms with Gasteiger partial charge in [-0.25, -0.2) is 0 Å². The molecule has 1 aliphatic rings. The van der Waals surface area contributed by atoms with Crippen LogP contribution in [0.4, 0.5) is 0 Å². The first-order valence-corrected chi connectivity index (χ1v) is 8.91. The number of thioether (sulfide) groups is 1. The van der Waals surface area contributed by atoms with Gasteiger partial charge in [-0.2, -0.15) is 11.8 Å². The number of ether oxygens (including phenoxy) is 1. The highest BCUT2D eigenvalue weighted by atomic mass is 32.2. The lowest BCUT2D eigenvalue weighted by Gasteiger charge is -2.21. The lowest BCUT2D eigenvalue weighted by molar-refractivity contribution is -0.127. The second-order valence-corrected chi connectivity index (χ2v) is 6.90. The first-order valence-electron chi connectivity index (χ1n) is 7.87. The van der Waals surface area contributed by atoms with Crippen molar-refractivity contribution in [3.8, 4) is 5.75 Å². The Balaban J connectivity index is 1.60. The molecule has 2 rings (SSSR count). The third kappa shape index (κ3) is 6.00. The molecule has 0 spiro atoms. The lowest BCUT2D eigenvalue weighted by Crippen LogP contribution is -2.37. The van der Waals surface area contributed by atoms with Crippen molar-refractivity contribution in [2.45, 2.75) is 50.4 Å². The van der Waals surface area contributed by atoms with E-state index in [0.29, 0.717) is 0 Å². The van der Waals surface area contributed by atoms with Crippen LogP contribution in [0.15, 0.2) is 30.3 Å². The van der Waals surface area contributed by atoms with Crippen molar-refractivity contribution in [3.63, 3.8) is 0 Å². The monoisotopic (exact) mass is 307 g/mol. The van der Waals surface area contributed by atoms with Crippen LogP contribution < -0.4 is 10.1 Å². The van der Waals surface area contributed by atoms with Crippen LogP contribution in [-0.4, -0.2) is 29.6 Å². The molecule has 1 atom stereocenters. The molecule has 1 amide bonds. The normalized spacial score (nSPS) is 17.2. The Hall–Kier alpha value is -1.16. The van der Waals surface area contributed by atoms with E-state index >= 15 is 0 Å². The topological polar surface area (TPSA) is 38.3 Å². The molecule has 21 heavy (non-hydrogen) atoms. The summed E-state index contributed by atoms with van der Waals surface area (Å²) in [4.78, 5) is 12.0. The van der Waals surface area contributed by atoms with E-state index in [-0.39, 0.29) is 5.91 Å². The molecule has 1 N–H and O–H groups in total. The lowest BCUT2D eigenvalue weighted by atomic mass is 10.0. The fourth-order valence-corrected chi connectivity index (χ4v) is 3.75. The van der Waals surface area contributed by atoms with E-state index in [2.05, 4.69) is 5.32 Å². The SMILES string of the molecule is C[C@H](Oc1ccccc1)C(=O)NCCSC1CCCCC1. The van der Waals surface area contributed by atoms with E-state index in [1.165, 1.54) is 32.1 Å². The van der Waals surface area contributed by atoms with E-state index < -0.39 is 6.10 Å². The van der Waals surface area contributed by atoms with E-state index in [9.17, 15) is 4.79 Å². The molecule has 1 fully saturated rings. The van der Waals surface area contributed by atoms with Crippen LogP contribution in [0.2, 0.25) is 0 Å². The van der Waals surface area contributed by atoms with E-state index in [0.717, 1.165) is 23.3 Å². The first kappa shape index (κ1) is 16.2. The molecule has 0 radical (unpaired) electrons. The standard InChI is InChI=1S/C17H25NO2S/c1-14(20-15-8-4-2-5-9-15)17(19)18-12-13-21-16-10-6-3-7-11-16/h2,4-5,8-9,14,16H,3,6-7,10-13H2,1H3,(H,18,19)/t14-/m0/s1. The summed E-state index contributed by atoms with van der Waals surface area (Å²) in [5.41, 5.74) is 0. The summed E-state index contributed by atoms with van der Waals surface area (Å²) >= 11 is 2.00. The molecule has 0 bridgehead atoms. The number of hydrogen-bond acceptors (Lipinski definition) is 3. The van der Waals surface area contributed by atoms with E-state index in [1.54, 1.807) is 6.92 Å². The second kappa shape index (κ2) is 8.98. The zero-order chi connectivity index (χ0) is 14.9. The predicted octanol–water partition coefficient (Wildman–Crippen LogP) is 3.64. The highest BCUT2D eigenvalue weighted by molar-refractivity contribution is 7.99. The highest BCUT2D eigenvalue weighted by Gasteiger charge is 2.15. The van der Waals surface area contributed by atoms with Crippen LogP contribution in [0.3, 0.4) is 0 Å². The maximum absolute atomic E-state index is 12.0. The van der Waals surface area contributed by atoms with Crippen LogP contribution in [0, 0.1) is 0 Å². The van der Waals surface area contributed by atoms with Gasteiger partial charge in [-0.1, -0.05) is 37.5 Å². The van der Waals surface area contributed by atoms with Crippen LogP contribution >= 0.6 is 11.8 Å². The molecular weight excluding hydrogens is 282 g/mol. The van der Waals surface area contributed by atoms with Gasteiger partial charge >= 0.3 is 0 Å². The van der Waals surface area contributed by atoms with Gasteiger partial charge in [0.05, 0.1) is 0 Å². The number of carbonyl (C=O) groups excluding carboxylic acids is 1. The van der Waals surface area contributed by atoms with Crippen LogP contribution in [0.1, 0.15) is 39.0 Å². The number of para-hydroxylation sites is 1. The third-order valence-electron chi connectivity index (χ3n) is 3.73. The van der Waals surface area contributed by atoms with Gasteiger partial charge in [0.15, 0.2) is 6.10 Å². The fourth-order valence-electron chi connectivity index (χ4n) is 2.53. The molecule has 0 aromatic heterocycles. The average molecular weight is 307 g/mol. The van der Waals surface area contributed by atoms with Crippen molar-refractivity contribution in [2.24, 2.45) is 0 Å². The number of amides is 1. The summed E-state index contributed by atoms with van der Waals surface area (Å²) < 4.78 is 5.60. The molecule has 1 saturated carbocycles. The quantitative estimate of drug-likeness (QED) is 0.782. The van der Waals surface area contributed by atoms with Crippen molar-refractivity contribution >= 4 is 17.7 Å². The Morgan fingerprint density at radius 3 is 2.71 bits per heavy atom. The zero-order valence-corrected chi connectivity index (χ0v) is 13.5. The smallest absolute Gasteiger partial charge is 0.260 e. The number of hydrogen-bond donors (Lipinski definition) is 1. The molecule has 1 aliphatic carbocycles. The number of rotatable bonds is 7. The van der Waals surface area contributed by atoms with Gasteiger partial charge in [-0.3, -0.25) is 4.79 Å². The van der Waals surface area contributed by atoms with E-state index in [1.807, 2.05) is 42.1 Å². The molecular formula is C17H25NO2S. The van der Waals surface area contributed by atoms with Gasteiger partial charge in [-0.05, 0) is 31.9 Å². The van der Waals surface area contributed by atoms with Crippen molar-refractivity contribution in [2.75, 3.05) is 12.3 Å². The van der Waals surface area contributed by atoms with Crippen molar-refractivity contribution < 1.29 is 9.53 Å². The largest absolute Gasteiger partial charge is 0.481 e. The van der Waals surface area contributed by atoms with Crippen LogP contribution in [0.5, 0.6) is 5.75 Å². The number of carbonyl (C=O) groups is 1. The third-order valence-corrected chi connectivity index (χ3v) is 5.11. The zero-order valence-electron chi connectivity index (χ0n) is 12.7. The van der Waals surface area contributed by atoms with Crippen LogP contribution in [-0.2, 0) is 4.79 Å². The maximum Gasteiger partial charge on any atom is 0.260 e. The molecule has 3 nitrogen and oxygen atoms in total. The van der Waals surface area contributed by atoms with Gasteiger partial charge in [-0.15, -0.1) is 0 Å². The number of benzene rings is 1. The Labute approximate surface area is 131 Å². The van der Waals surface area contributed by atoms with Crippen molar-refractivity contribution in [3.05, 3.63) is 30.3 Å². The molecule has 1 aromatic rings. The van der Waals surface area contributed by atoms with Gasteiger partial charge in [0.1, 0.15) is 5.75 Å². The molecule has 0 saturated heterocycles. The summed E-state index contributed by atoms with van der Waals surface area (Å²) in [6, 6.07) is 9.47. The van der Waals surface area contributed by atoms with E-state index in [4.69, 9.17) is 4.74 Å². The summed E-state index contributed by atoms with van der Waals surface area (Å²) in [7, 11) is 0. The molecule has 0 unspecified atom stereocenters. The highest BCUT2D eigenvalue weighted by Crippen LogP contribution is 2.27. The van der Waals surface area contributed by atoms with Gasteiger partial charge < -0.3 is 10.1 Å². The molecule has 0 aliphatic heterocycles. The van der Waals surface area contributed by atoms with Crippen molar-refractivity contribution in [1.29, 1.82) is 0 Å². The second-order valence-electron chi connectivity index (χ2n) is 5.49. The summed E-state index contributed by atoms with van der Waals surface area (Å²) in [5, 5.41) is 3.76. The maximum atomic E-state index is 12.0. The Morgan fingerprint density at radius 1 is 1.29 bits per heavy atom. The van der Waals surface area contributed by atoms with Crippen LogP contribution in [0.25, 0.3) is 0 Å². The first-order chi connectivity index (χ1) is 10.3. The summed E-state index contributed by atoms with van der Waals surface area (Å²) in [5.74, 6) is 1.69. The minimum absolute atomic E-state index is 0.0388.